The van der Waals surface area contributed by atoms with Gasteiger partial charge < -0.3 is 19.5 Å². The summed E-state index contributed by atoms with van der Waals surface area (Å²) in [7, 11) is -4.79. The van der Waals surface area contributed by atoms with Crippen molar-refractivity contribution in [2.45, 2.75) is 35.1 Å². The quantitative estimate of drug-likeness (QED) is 0.351. The molecule has 1 aliphatic rings. The number of sulfonamides is 2. The molecule has 2 aromatic carbocycles. The molecule has 1 aliphatic heterocycles. The van der Waals surface area contributed by atoms with Gasteiger partial charge in [-0.1, -0.05) is 13.0 Å². The zero-order valence-electron chi connectivity index (χ0n) is 23.1. The van der Waals surface area contributed by atoms with E-state index in [0.29, 0.717) is 5.75 Å². The van der Waals surface area contributed by atoms with Crippen LogP contribution in [0.1, 0.15) is 24.2 Å². The minimum atomic E-state index is -3.88. The summed E-state index contributed by atoms with van der Waals surface area (Å²) in [4.78, 5) is 15.2. The Morgan fingerprint density at radius 1 is 1.17 bits per heavy atom. The molecule has 0 bridgehead atoms. The summed E-state index contributed by atoms with van der Waals surface area (Å²) in [6.45, 7) is 3.39. The average Bonchev–Trinajstić information content (AvgIpc) is 3.51. The van der Waals surface area contributed by atoms with Crippen LogP contribution in [0.5, 0.6) is 11.5 Å². The van der Waals surface area contributed by atoms with Crippen molar-refractivity contribution in [1.29, 1.82) is 0 Å². The van der Waals surface area contributed by atoms with Gasteiger partial charge in [-0.2, -0.15) is 4.31 Å². The van der Waals surface area contributed by atoms with Gasteiger partial charge in [-0.15, -0.1) is 11.3 Å². The number of thiophene rings is 1. The number of nitrogens with one attached hydrogen (secondary N) is 1. The van der Waals surface area contributed by atoms with Crippen LogP contribution < -0.4 is 14.2 Å². The van der Waals surface area contributed by atoms with Crippen molar-refractivity contribution < 1.29 is 36.2 Å². The SMILES string of the molecule is COc1ccc(S(=O)(=O)N(C)C[C@@H]2Oc3ccc(NS(=O)(=O)c4cccs4)cc3C(=O)N([C@@H](C)CO)C[C@H]2C)cc1. The van der Waals surface area contributed by atoms with E-state index in [1.165, 1.54) is 59.8 Å². The lowest BCUT2D eigenvalue weighted by Crippen LogP contribution is -2.50. The summed E-state index contributed by atoms with van der Waals surface area (Å²) in [5, 5.41) is 11.5. The number of hydrogen-bond acceptors (Lipinski definition) is 9. The third-order valence-corrected chi connectivity index (χ3v) is 11.5. The van der Waals surface area contributed by atoms with Crippen molar-refractivity contribution in [1.82, 2.24) is 9.21 Å². The second kappa shape index (κ2) is 12.4. The van der Waals surface area contributed by atoms with Gasteiger partial charge >= 0.3 is 0 Å². The summed E-state index contributed by atoms with van der Waals surface area (Å²) in [6.07, 6.45) is -0.679. The molecular weight excluding hydrogens is 591 g/mol. The van der Waals surface area contributed by atoms with Crippen molar-refractivity contribution in [2.75, 3.05) is 38.6 Å². The van der Waals surface area contributed by atoms with Crippen LogP contribution in [0, 0.1) is 5.92 Å². The summed E-state index contributed by atoms with van der Waals surface area (Å²) in [5.41, 5.74) is 0.254. The van der Waals surface area contributed by atoms with Crippen molar-refractivity contribution in [3.05, 3.63) is 65.5 Å². The maximum absolute atomic E-state index is 13.7. The zero-order valence-corrected chi connectivity index (χ0v) is 25.5. The van der Waals surface area contributed by atoms with Gasteiger partial charge in [0, 0.05) is 25.2 Å². The van der Waals surface area contributed by atoms with Crippen LogP contribution in [-0.2, 0) is 20.0 Å². The number of carbonyl (C=O) groups excluding carboxylic acids is 1. The van der Waals surface area contributed by atoms with E-state index in [4.69, 9.17) is 9.47 Å². The van der Waals surface area contributed by atoms with Crippen LogP contribution in [0.4, 0.5) is 5.69 Å². The molecule has 14 heteroatoms. The number of ether oxygens (including phenoxy) is 2. The molecule has 0 aliphatic carbocycles. The number of aliphatic hydroxyl groups is 1. The molecule has 4 rings (SSSR count). The lowest BCUT2D eigenvalue weighted by molar-refractivity contribution is 0.0387. The summed E-state index contributed by atoms with van der Waals surface area (Å²) >= 11 is 1.06. The molecule has 3 aromatic rings. The highest BCUT2D eigenvalue weighted by molar-refractivity contribution is 7.94. The molecule has 2 heterocycles. The van der Waals surface area contributed by atoms with Crippen LogP contribution in [0.2, 0.25) is 0 Å². The minimum Gasteiger partial charge on any atom is -0.497 e. The molecule has 0 radical (unpaired) electrons. The zero-order chi connectivity index (χ0) is 29.9. The highest BCUT2D eigenvalue weighted by Gasteiger charge is 2.35. The molecule has 11 nitrogen and oxygen atoms in total. The first kappa shape index (κ1) is 30.8. The van der Waals surface area contributed by atoms with Gasteiger partial charge in [0.05, 0.1) is 36.8 Å². The number of carbonyl (C=O) groups is 1. The maximum Gasteiger partial charge on any atom is 0.271 e. The van der Waals surface area contributed by atoms with Gasteiger partial charge in [0.15, 0.2) is 0 Å². The lowest BCUT2D eigenvalue weighted by Gasteiger charge is -2.38. The van der Waals surface area contributed by atoms with E-state index < -0.39 is 38.1 Å². The Labute approximate surface area is 244 Å². The first-order chi connectivity index (χ1) is 19.4. The minimum absolute atomic E-state index is 0.0305. The van der Waals surface area contributed by atoms with Crippen LogP contribution >= 0.6 is 11.3 Å². The number of nitrogens with zero attached hydrogens (tertiary/aromatic N) is 2. The fourth-order valence-electron chi connectivity index (χ4n) is 4.40. The van der Waals surface area contributed by atoms with E-state index in [9.17, 15) is 26.7 Å². The number of methoxy groups -OCH3 is 1. The van der Waals surface area contributed by atoms with Crippen molar-refractivity contribution in [3.8, 4) is 11.5 Å². The molecule has 41 heavy (non-hydrogen) atoms. The Morgan fingerprint density at radius 3 is 2.49 bits per heavy atom. The van der Waals surface area contributed by atoms with E-state index in [-0.39, 0.29) is 51.7 Å². The van der Waals surface area contributed by atoms with Gasteiger partial charge in [0.1, 0.15) is 21.8 Å². The molecule has 0 saturated carbocycles. The van der Waals surface area contributed by atoms with Crippen LogP contribution in [0.3, 0.4) is 0 Å². The largest absolute Gasteiger partial charge is 0.497 e. The molecular formula is C27H33N3O8S3. The monoisotopic (exact) mass is 623 g/mol. The topological polar surface area (TPSA) is 143 Å². The smallest absolute Gasteiger partial charge is 0.271 e. The molecule has 1 amide bonds. The number of hydrogen-bond donors (Lipinski definition) is 2. The molecule has 0 unspecified atom stereocenters. The second-order valence-electron chi connectivity index (χ2n) is 9.83. The second-order valence-corrected chi connectivity index (χ2v) is 14.7. The Hall–Kier alpha value is -3.17. The molecule has 222 valence electrons. The summed E-state index contributed by atoms with van der Waals surface area (Å²) in [6, 6.07) is 13.0. The number of likely N-dealkylation sites (N-methyl/N-ethyl adjacent to an activating group) is 1. The summed E-state index contributed by atoms with van der Waals surface area (Å²) < 4.78 is 67.4. The molecule has 2 N–H and O–H groups in total. The van der Waals surface area contributed by atoms with Gasteiger partial charge in [-0.05, 0) is 60.8 Å². The lowest BCUT2D eigenvalue weighted by atomic mass is 9.99. The van der Waals surface area contributed by atoms with Gasteiger partial charge in [-0.3, -0.25) is 9.52 Å². The first-order valence-electron chi connectivity index (χ1n) is 12.8. The van der Waals surface area contributed by atoms with Crippen molar-refractivity contribution >= 4 is 43.0 Å². The number of benzene rings is 2. The van der Waals surface area contributed by atoms with Crippen molar-refractivity contribution in [3.63, 3.8) is 0 Å². The fourth-order valence-corrected chi connectivity index (χ4v) is 7.63. The molecule has 1 aromatic heterocycles. The highest BCUT2D eigenvalue weighted by Crippen LogP contribution is 2.32. The van der Waals surface area contributed by atoms with Crippen LogP contribution in [0.25, 0.3) is 0 Å². The molecule has 0 spiro atoms. The number of amides is 1. The highest BCUT2D eigenvalue weighted by atomic mass is 32.2. The molecule has 0 fully saturated rings. The number of fused-ring (bicyclic) bond motifs is 1. The maximum atomic E-state index is 13.7. The average molecular weight is 624 g/mol. The normalized spacial score (nSPS) is 18.7. The van der Waals surface area contributed by atoms with Crippen LogP contribution in [0.15, 0.2) is 69.1 Å². The van der Waals surface area contributed by atoms with Crippen LogP contribution in [-0.4, -0.2) is 83.1 Å². The summed E-state index contributed by atoms with van der Waals surface area (Å²) in [5.74, 6) is -0.0640. The van der Waals surface area contributed by atoms with E-state index in [1.807, 2.05) is 6.92 Å². The fraction of sp³-hybridized carbons (Fsp3) is 0.370. The van der Waals surface area contributed by atoms with Gasteiger partial charge in [-0.25, -0.2) is 16.8 Å². The van der Waals surface area contributed by atoms with Crippen molar-refractivity contribution in [2.24, 2.45) is 5.92 Å². The third kappa shape index (κ3) is 6.67. The Morgan fingerprint density at radius 2 is 1.88 bits per heavy atom. The number of aliphatic hydroxyl groups excluding tert-OH is 1. The number of rotatable bonds is 10. The van der Waals surface area contributed by atoms with E-state index >= 15 is 0 Å². The Balaban J connectivity index is 1.66. The first-order valence-corrected chi connectivity index (χ1v) is 16.6. The molecule has 0 saturated heterocycles. The predicted molar refractivity (Wildman–Crippen MR) is 156 cm³/mol. The standard InChI is InChI=1S/C27H33N3O8S3/c1-18-15-30(19(2)17-31)27(32)23-14-20(28-40(33,34)26-6-5-13-39-26)7-12-24(23)38-25(18)16-29(3)41(35,36)22-10-8-21(37-4)9-11-22/h5-14,18-19,25,28,31H,15-17H2,1-4H3/t18-,19+,25+/m1/s1. The van der Waals surface area contributed by atoms with E-state index in [1.54, 1.807) is 30.5 Å². The third-order valence-electron chi connectivity index (χ3n) is 6.88. The van der Waals surface area contributed by atoms with Gasteiger partial charge in [0.2, 0.25) is 10.0 Å². The molecule has 3 atom stereocenters. The van der Waals surface area contributed by atoms with E-state index in [2.05, 4.69) is 4.72 Å². The Bertz CT molecular complexity index is 1580. The Kier molecular flexibility index (Phi) is 9.29. The van der Waals surface area contributed by atoms with Gasteiger partial charge in [0.25, 0.3) is 15.9 Å². The predicted octanol–water partition coefficient (Wildman–Crippen LogP) is 3.10. The number of anilines is 1. The van der Waals surface area contributed by atoms with E-state index in [0.717, 1.165) is 11.3 Å².